The Hall–Kier alpha value is -2.20. The SMILES string of the molecule is CC/C=C/[C@H]1CCC[C@H](OC2CCC([N+](C)(C)COC(=O)C(C)(C)C)C(C)O2)[C@@H](C)C(O)C2=C[C@@H]3[C@@H](C=C[C@@H]4C[C@@H](OC5OC(C)C(OC)C(OC)C5OC)C[C@@H]34)[C@@H]2CC(=O)O1. The number of cyclic esters (lactones) is 1. The molecule has 352 valence electrons. The van der Waals surface area contributed by atoms with Gasteiger partial charge in [-0.05, 0) is 114 Å². The highest BCUT2D eigenvalue weighted by Crippen LogP contribution is 2.55. The first-order valence-corrected chi connectivity index (χ1v) is 23.5. The normalized spacial score (nSPS) is 42.0. The number of methoxy groups -OCH3 is 3. The summed E-state index contributed by atoms with van der Waals surface area (Å²) in [5.41, 5.74) is 0.340. The highest BCUT2D eigenvalue weighted by atomic mass is 16.7. The monoisotopic (exact) mass is 875 g/mol. The molecule has 6 rings (SSSR count). The van der Waals surface area contributed by atoms with Crippen molar-refractivity contribution in [3.63, 3.8) is 0 Å². The smallest absolute Gasteiger partial charge is 0.315 e. The molecule has 1 N–H and O–H groups in total. The van der Waals surface area contributed by atoms with Crippen LogP contribution in [-0.4, -0.2) is 137 Å². The molecule has 0 amide bonds. The van der Waals surface area contributed by atoms with Crippen LogP contribution in [0.15, 0.2) is 36.0 Å². The summed E-state index contributed by atoms with van der Waals surface area (Å²) in [4.78, 5) is 26.4. The molecule has 9 unspecified atom stereocenters. The van der Waals surface area contributed by atoms with Crippen molar-refractivity contribution in [2.24, 2.45) is 40.9 Å². The second-order valence-electron chi connectivity index (χ2n) is 20.7. The number of quaternary nitrogens is 1. The molecule has 3 saturated heterocycles. The maximum atomic E-state index is 13.8. The maximum Gasteiger partial charge on any atom is 0.315 e. The molecule has 3 aliphatic heterocycles. The molecule has 0 bridgehead atoms. The van der Waals surface area contributed by atoms with E-state index in [1.165, 1.54) is 0 Å². The van der Waals surface area contributed by atoms with E-state index in [0.717, 1.165) is 37.7 Å². The number of esters is 2. The Labute approximate surface area is 371 Å². The van der Waals surface area contributed by atoms with E-state index in [4.69, 9.17) is 42.6 Å². The Morgan fingerprint density at radius 3 is 2.29 bits per heavy atom. The third kappa shape index (κ3) is 11.1. The number of rotatable bonds is 12. The minimum absolute atomic E-state index is 0.0490. The number of hydrogen-bond acceptors (Lipinski definition) is 12. The van der Waals surface area contributed by atoms with Gasteiger partial charge in [0.25, 0.3) is 0 Å². The van der Waals surface area contributed by atoms with Crippen LogP contribution in [0.25, 0.3) is 0 Å². The molecule has 0 radical (unpaired) electrons. The van der Waals surface area contributed by atoms with Crippen LogP contribution < -0.4 is 0 Å². The van der Waals surface area contributed by atoms with Crippen molar-refractivity contribution >= 4 is 11.9 Å². The van der Waals surface area contributed by atoms with Gasteiger partial charge >= 0.3 is 11.9 Å². The van der Waals surface area contributed by atoms with Gasteiger partial charge in [0.2, 0.25) is 6.73 Å². The highest BCUT2D eigenvalue weighted by Gasteiger charge is 2.53. The third-order valence-corrected chi connectivity index (χ3v) is 14.9. The van der Waals surface area contributed by atoms with Crippen molar-refractivity contribution in [2.75, 3.05) is 42.2 Å². The van der Waals surface area contributed by atoms with Crippen LogP contribution >= 0.6 is 0 Å². The molecule has 6 aliphatic rings. The first-order valence-electron chi connectivity index (χ1n) is 23.5. The van der Waals surface area contributed by atoms with Gasteiger partial charge in [-0.15, -0.1) is 0 Å². The predicted octanol–water partition coefficient (Wildman–Crippen LogP) is 6.90. The standard InChI is InChI=1S/C49H80NO12/c1-13-14-16-32-17-15-18-40(62-42-22-21-39(29(3)58-42)50(8,9)27-57-48(53)49(5,6)7)28(2)43(52)38-25-36-34(37(38)26-41(51)60-32)20-19-31-23-33(24-35(31)36)61-47-46(56-12)45(55-11)44(54-10)30(4)59-47/h14,16,19-20,25,28-37,39-40,42-47,52H,13,15,17-18,21-24,26-27H2,1-12H3/q+1/b16-14+/t28-,29?,30?,31-,32+,33-,34-,35-,36-,37+,39?,40+,42?,43?,44?,45?,46?,47?/m1/s1. The molecule has 0 aromatic heterocycles. The molecule has 13 nitrogen and oxygen atoms in total. The zero-order valence-electron chi connectivity index (χ0n) is 39.7. The first kappa shape index (κ1) is 49.2. The highest BCUT2D eigenvalue weighted by molar-refractivity contribution is 5.75. The molecule has 18 atom stereocenters. The number of aliphatic hydroxyl groups excluding tert-OH is 1. The minimum atomic E-state index is -0.819. The van der Waals surface area contributed by atoms with Crippen molar-refractivity contribution < 1.29 is 61.8 Å². The fourth-order valence-corrected chi connectivity index (χ4v) is 11.5. The van der Waals surface area contributed by atoms with E-state index in [9.17, 15) is 14.7 Å². The summed E-state index contributed by atoms with van der Waals surface area (Å²) < 4.78 is 56.5. The van der Waals surface area contributed by atoms with Crippen molar-refractivity contribution in [3.8, 4) is 0 Å². The van der Waals surface area contributed by atoms with Gasteiger partial charge in [-0.2, -0.15) is 0 Å². The molecular formula is C49H80NO12+. The van der Waals surface area contributed by atoms with E-state index in [1.807, 2.05) is 33.8 Å². The van der Waals surface area contributed by atoms with E-state index in [2.05, 4.69) is 59.2 Å². The van der Waals surface area contributed by atoms with Gasteiger partial charge in [-0.3, -0.25) is 14.1 Å². The Morgan fingerprint density at radius 2 is 1.63 bits per heavy atom. The van der Waals surface area contributed by atoms with E-state index in [1.54, 1.807) is 21.3 Å². The lowest BCUT2D eigenvalue weighted by molar-refractivity contribution is -0.936. The zero-order chi connectivity index (χ0) is 45.1. The number of hydrogen-bond donors (Lipinski definition) is 1. The summed E-state index contributed by atoms with van der Waals surface area (Å²) in [7, 11) is 9.14. The Morgan fingerprint density at radius 1 is 0.903 bits per heavy atom. The average molecular weight is 875 g/mol. The van der Waals surface area contributed by atoms with Crippen LogP contribution in [0.3, 0.4) is 0 Å². The summed E-state index contributed by atoms with van der Waals surface area (Å²) in [5, 5.41) is 12.5. The molecule has 1 saturated carbocycles. The van der Waals surface area contributed by atoms with Gasteiger partial charge in [0.1, 0.15) is 36.6 Å². The van der Waals surface area contributed by atoms with Crippen LogP contribution in [0.4, 0.5) is 0 Å². The molecule has 3 heterocycles. The Balaban J connectivity index is 1.19. The van der Waals surface area contributed by atoms with Crippen LogP contribution in [0.1, 0.15) is 106 Å². The summed E-state index contributed by atoms with van der Waals surface area (Å²) in [6.45, 7) is 14.1. The van der Waals surface area contributed by atoms with E-state index < -0.39 is 30.2 Å². The average Bonchev–Trinajstić information content (AvgIpc) is 3.80. The maximum absolute atomic E-state index is 13.8. The predicted molar refractivity (Wildman–Crippen MR) is 233 cm³/mol. The van der Waals surface area contributed by atoms with Gasteiger partial charge in [0.15, 0.2) is 12.6 Å². The van der Waals surface area contributed by atoms with Crippen LogP contribution in [0.5, 0.6) is 0 Å². The van der Waals surface area contributed by atoms with Crippen LogP contribution in [-0.2, 0) is 52.2 Å². The molecular weight excluding hydrogens is 795 g/mol. The molecule has 0 aromatic rings. The number of ether oxygens (including phenoxy) is 9. The van der Waals surface area contributed by atoms with E-state index in [0.29, 0.717) is 23.7 Å². The quantitative estimate of drug-likeness (QED) is 0.0946. The Bertz CT molecular complexity index is 1590. The number of carbonyl (C=O) groups excluding carboxylic acids is 2. The number of aliphatic hydroxyl groups is 1. The van der Waals surface area contributed by atoms with Gasteiger partial charge in [-0.25, -0.2) is 0 Å². The number of fused-ring (bicyclic) bond motifs is 5. The lowest BCUT2D eigenvalue weighted by Crippen LogP contribution is -2.59. The Kier molecular flexibility index (Phi) is 16.6. The summed E-state index contributed by atoms with van der Waals surface area (Å²) >= 11 is 0. The van der Waals surface area contributed by atoms with Crippen LogP contribution in [0.2, 0.25) is 0 Å². The van der Waals surface area contributed by atoms with E-state index >= 15 is 0 Å². The lowest BCUT2D eigenvalue weighted by Gasteiger charge is -2.45. The molecule has 0 spiro atoms. The van der Waals surface area contributed by atoms with Crippen molar-refractivity contribution in [1.82, 2.24) is 0 Å². The number of allylic oxidation sites excluding steroid dienone is 4. The summed E-state index contributed by atoms with van der Waals surface area (Å²) in [5.74, 6) is -0.168. The number of likely N-dealkylation sites (N-methyl/N-ethyl adjacent to an activating group) is 1. The van der Waals surface area contributed by atoms with Gasteiger partial charge < -0.3 is 47.7 Å². The lowest BCUT2D eigenvalue weighted by atomic mass is 9.70. The fourth-order valence-electron chi connectivity index (χ4n) is 11.5. The number of nitrogens with zero attached hydrogens (tertiary/aromatic N) is 1. The topological polar surface area (TPSA) is 137 Å². The first-order chi connectivity index (χ1) is 29.4. The third-order valence-electron chi connectivity index (χ3n) is 14.9. The largest absolute Gasteiger partial charge is 0.458 e. The number of carbonyl (C=O) groups is 2. The molecule has 4 fully saturated rings. The molecule has 0 aromatic carbocycles. The van der Waals surface area contributed by atoms with Crippen molar-refractivity contribution in [1.29, 1.82) is 0 Å². The molecule has 3 aliphatic carbocycles. The van der Waals surface area contributed by atoms with Gasteiger partial charge in [0.05, 0.1) is 50.3 Å². The molecule has 62 heavy (non-hydrogen) atoms. The minimum Gasteiger partial charge on any atom is -0.458 e. The van der Waals surface area contributed by atoms with Gasteiger partial charge in [0, 0.05) is 40.1 Å². The fraction of sp³-hybridized carbons (Fsp3) is 0.837. The van der Waals surface area contributed by atoms with E-state index in [-0.39, 0.29) is 109 Å². The summed E-state index contributed by atoms with van der Waals surface area (Å²) in [6.07, 6.45) is 13.3. The summed E-state index contributed by atoms with van der Waals surface area (Å²) in [6, 6.07) is 0.110. The van der Waals surface area contributed by atoms with Crippen molar-refractivity contribution in [2.45, 2.75) is 180 Å². The van der Waals surface area contributed by atoms with Gasteiger partial charge in [-0.1, -0.05) is 38.2 Å². The molecule has 13 heteroatoms. The second-order valence-corrected chi connectivity index (χ2v) is 20.7. The zero-order valence-corrected chi connectivity index (χ0v) is 39.7. The van der Waals surface area contributed by atoms with Crippen molar-refractivity contribution in [3.05, 3.63) is 36.0 Å². The van der Waals surface area contributed by atoms with Crippen LogP contribution in [0, 0.1) is 40.9 Å². The second kappa shape index (κ2) is 21.0.